The van der Waals surface area contributed by atoms with E-state index in [2.05, 4.69) is 6.92 Å². The average molecular weight is 416 g/mol. The van der Waals surface area contributed by atoms with Crippen molar-refractivity contribution in [2.75, 3.05) is 0 Å². The van der Waals surface area contributed by atoms with Crippen LogP contribution in [0.1, 0.15) is 101 Å². The summed E-state index contributed by atoms with van der Waals surface area (Å²) in [4.78, 5) is 24.9. The minimum absolute atomic E-state index is 0.0782. The number of carbonyl (C=O) groups is 1. The van der Waals surface area contributed by atoms with Gasteiger partial charge in [0.2, 0.25) is 0 Å². The van der Waals surface area contributed by atoms with Crippen LogP contribution in [0.25, 0.3) is 0 Å². The van der Waals surface area contributed by atoms with Gasteiger partial charge in [-0.15, -0.1) is 0 Å². The van der Waals surface area contributed by atoms with E-state index < -0.39 is 11.4 Å². The quantitative estimate of drug-likeness (QED) is 0.165. The van der Waals surface area contributed by atoms with Gasteiger partial charge in [0.1, 0.15) is 17.1 Å². The molecule has 0 aromatic carbocycles. The molecule has 0 aliphatic carbocycles. The number of ketones is 1. The van der Waals surface area contributed by atoms with E-state index in [4.69, 9.17) is 10.2 Å². The van der Waals surface area contributed by atoms with Crippen LogP contribution in [-0.4, -0.2) is 10.9 Å². The summed E-state index contributed by atoms with van der Waals surface area (Å²) in [5, 5.41) is 10.3. The number of aromatic hydroxyl groups is 1. The maximum atomic E-state index is 12.6. The number of rotatable bonds is 14. The molecule has 1 rings (SSSR count). The third kappa shape index (κ3) is 8.85. The summed E-state index contributed by atoms with van der Waals surface area (Å²) < 4.78 is 5.31. The zero-order valence-corrected chi connectivity index (χ0v) is 18.7. The van der Waals surface area contributed by atoms with E-state index in [1.165, 1.54) is 44.4 Å². The number of hydrogen-bond donors (Lipinski definition) is 2. The van der Waals surface area contributed by atoms with E-state index in [-0.39, 0.29) is 17.2 Å². The Bertz CT molecular complexity index is 802. The Morgan fingerprint density at radius 3 is 2.53 bits per heavy atom. The molecule has 1 unspecified atom stereocenters. The van der Waals surface area contributed by atoms with Crippen LogP contribution in [0, 0.1) is 0 Å². The Kier molecular flexibility index (Phi) is 12.3. The van der Waals surface area contributed by atoms with Crippen molar-refractivity contribution in [3.8, 4) is 5.75 Å². The van der Waals surface area contributed by atoms with Crippen molar-refractivity contribution in [3.63, 3.8) is 0 Å². The fourth-order valence-corrected chi connectivity index (χ4v) is 3.16. The van der Waals surface area contributed by atoms with Crippen molar-refractivity contribution in [2.45, 2.75) is 84.5 Å². The maximum absolute atomic E-state index is 12.6. The van der Waals surface area contributed by atoms with Gasteiger partial charge in [0.05, 0.1) is 0 Å². The predicted octanol–water partition coefficient (Wildman–Crippen LogP) is 6.14. The summed E-state index contributed by atoms with van der Waals surface area (Å²) in [5.74, 6) is -0.572. The first kappa shape index (κ1) is 25.5. The van der Waals surface area contributed by atoms with E-state index >= 15 is 0 Å². The molecular formula is C25H37NO4. The van der Waals surface area contributed by atoms with E-state index in [0.29, 0.717) is 17.8 Å². The molecule has 1 aromatic heterocycles. The fourth-order valence-electron chi connectivity index (χ4n) is 3.16. The maximum Gasteiger partial charge on any atom is 0.351 e. The van der Waals surface area contributed by atoms with Crippen molar-refractivity contribution in [2.24, 2.45) is 5.73 Å². The second kappa shape index (κ2) is 14.4. The SMILES string of the molecule is CCCCCCCC/C=C/C=C(\C)C(=O)c1c(O)cc(C(C)CC/C=C/N)oc1=O. The first-order valence-electron chi connectivity index (χ1n) is 11.0. The van der Waals surface area contributed by atoms with Gasteiger partial charge in [-0.25, -0.2) is 4.79 Å². The lowest BCUT2D eigenvalue weighted by atomic mass is 10.00. The normalized spacial score (nSPS) is 13.4. The number of hydrogen-bond acceptors (Lipinski definition) is 5. The second-order valence-corrected chi connectivity index (χ2v) is 7.77. The topological polar surface area (TPSA) is 93.5 Å². The van der Waals surface area contributed by atoms with Crippen LogP contribution in [0.15, 0.2) is 51.4 Å². The molecule has 5 nitrogen and oxygen atoms in total. The van der Waals surface area contributed by atoms with Crippen LogP contribution >= 0.6 is 0 Å². The lowest BCUT2D eigenvalue weighted by molar-refractivity contribution is 0.102. The molecule has 0 aliphatic heterocycles. The lowest BCUT2D eigenvalue weighted by Crippen LogP contribution is -2.16. The van der Waals surface area contributed by atoms with E-state index in [1.54, 1.807) is 13.0 Å². The highest BCUT2D eigenvalue weighted by molar-refractivity contribution is 6.09. The molecule has 1 atom stereocenters. The molecule has 0 amide bonds. The standard InChI is InChI=1S/C25H37NO4/c1-4-5-6-7-8-9-10-11-12-16-20(3)24(28)23-21(27)18-22(30-25(23)29)19(2)15-13-14-17-26/h11-12,14,16-19,27H,4-10,13,15,26H2,1-3H3/b12-11+,17-14+,20-16+. The third-order valence-corrected chi connectivity index (χ3v) is 5.13. The highest BCUT2D eigenvalue weighted by atomic mass is 16.4. The summed E-state index contributed by atoms with van der Waals surface area (Å²) >= 11 is 0. The number of allylic oxidation sites excluding steroid dienone is 5. The van der Waals surface area contributed by atoms with Gasteiger partial charge < -0.3 is 15.3 Å². The van der Waals surface area contributed by atoms with Gasteiger partial charge in [0, 0.05) is 12.0 Å². The van der Waals surface area contributed by atoms with Crippen molar-refractivity contribution in [3.05, 3.63) is 63.9 Å². The largest absolute Gasteiger partial charge is 0.507 e. The highest BCUT2D eigenvalue weighted by Crippen LogP contribution is 2.25. The average Bonchev–Trinajstić information content (AvgIpc) is 2.71. The summed E-state index contributed by atoms with van der Waals surface area (Å²) in [6, 6.07) is 1.37. The second-order valence-electron chi connectivity index (χ2n) is 7.77. The van der Waals surface area contributed by atoms with Gasteiger partial charge in [0.25, 0.3) is 0 Å². The van der Waals surface area contributed by atoms with Crippen LogP contribution in [-0.2, 0) is 0 Å². The van der Waals surface area contributed by atoms with Gasteiger partial charge in [-0.05, 0) is 44.4 Å². The minimum atomic E-state index is -0.806. The van der Waals surface area contributed by atoms with E-state index in [9.17, 15) is 14.7 Å². The Balaban J connectivity index is 2.70. The highest BCUT2D eigenvalue weighted by Gasteiger charge is 2.21. The number of Topliss-reactive ketones (excluding diaryl/α,β-unsaturated/α-hetero) is 1. The minimum Gasteiger partial charge on any atom is -0.507 e. The molecule has 0 saturated carbocycles. The van der Waals surface area contributed by atoms with E-state index in [0.717, 1.165) is 19.3 Å². The fraction of sp³-hybridized carbons (Fsp3) is 0.520. The van der Waals surface area contributed by atoms with Crippen LogP contribution < -0.4 is 11.4 Å². The molecule has 30 heavy (non-hydrogen) atoms. The summed E-state index contributed by atoms with van der Waals surface area (Å²) in [6.45, 7) is 5.73. The van der Waals surface area contributed by atoms with Crippen molar-refractivity contribution < 1.29 is 14.3 Å². The molecule has 0 saturated heterocycles. The third-order valence-electron chi connectivity index (χ3n) is 5.13. The van der Waals surface area contributed by atoms with E-state index in [1.807, 2.05) is 25.2 Å². The Hall–Kier alpha value is -2.56. The van der Waals surface area contributed by atoms with Crippen LogP contribution in [0.2, 0.25) is 0 Å². The van der Waals surface area contributed by atoms with Crippen molar-refractivity contribution in [1.29, 1.82) is 0 Å². The zero-order valence-electron chi connectivity index (χ0n) is 18.7. The molecule has 0 spiro atoms. The lowest BCUT2D eigenvalue weighted by Gasteiger charge is -2.10. The van der Waals surface area contributed by atoms with Gasteiger partial charge in [-0.2, -0.15) is 0 Å². The zero-order chi connectivity index (χ0) is 22.4. The molecule has 5 heteroatoms. The van der Waals surface area contributed by atoms with Gasteiger partial charge >= 0.3 is 5.63 Å². The summed E-state index contributed by atoms with van der Waals surface area (Å²) in [7, 11) is 0. The first-order valence-corrected chi connectivity index (χ1v) is 11.0. The summed E-state index contributed by atoms with van der Waals surface area (Å²) in [6.07, 6.45) is 18.7. The number of carbonyl (C=O) groups excluding carboxylic acids is 1. The Morgan fingerprint density at radius 1 is 1.17 bits per heavy atom. The Morgan fingerprint density at radius 2 is 1.87 bits per heavy atom. The smallest absolute Gasteiger partial charge is 0.351 e. The van der Waals surface area contributed by atoms with Gasteiger partial charge in [-0.3, -0.25) is 4.79 Å². The van der Waals surface area contributed by atoms with Crippen LogP contribution in [0.4, 0.5) is 0 Å². The molecule has 1 heterocycles. The first-order chi connectivity index (χ1) is 14.4. The van der Waals surface area contributed by atoms with Crippen LogP contribution in [0.3, 0.4) is 0 Å². The summed E-state index contributed by atoms with van der Waals surface area (Å²) in [5.41, 5.74) is 4.58. The number of unbranched alkanes of at least 4 members (excludes halogenated alkanes) is 6. The molecule has 0 radical (unpaired) electrons. The monoisotopic (exact) mass is 415 g/mol. The molecule has 0 aliphatic rings. The van der Waals surface area contributed by atoms with Crippen molar-refractivity contribution >= 4 is 5.78 Å². The molecule has 3 N–H and O–H groups in total. The van der Waals surface area contributed by atoms with Crippen LogP contribution in [0.5, 0.6) is 5.75 Å². The molecule has 1 aromatic rings. The Labute approximate surface area is 180 Å². The number of nitrogens with two attached hydrogens (primary N) is 1. The van der Waals surface area contributed by atoms with Crippen molar-refractivity contribution in [1.82, 2.24) is 0 Å². The molecule has 0 fully saturated rings. The molecular weight excluding hydrogens is 378 g/mol. The molecule has 0 bridgehead atoms. The van der Waals surface area contributed by atoms with Gasteiger partial charge in [0.15, 0.2) is 5.78 Å². The molecule has 166 valence electrons. The van der Waals surface area contributed by atoms with Gasteiger partial charge in [-0.1, -0.05) is 70.3 Å². The predicted molar refractivity (Wildman–Crippen MR) is 123 cm³/mol.